The Balaban J connectivity index is 1.48. The average Bonchev–Trinajstić information content (AvgIpc) is 2.81. The van der Waals surface area contributed by atoms with E-state index in [4.69, 9.17) is 0 Å². The van der Waals surface area contributed by atoms with E-state index in [1.165, 1.54) is 87.4 Å². The second kappa shape index (κ2) is 10.5. The number of benzene rings is 2. The molecule has 0 N–H and O–H groups in total. The van der Waals surface area contributed by atoms with Crippen LogP contribution in [0.25, 0.3) is 11.1 Å². The highest BCUT2D eigenvalue weighted by atomic mass is 28.2. The zero-order valence-corrected chi connectivity index (χ0v) is 21.2. The minimum atomic E-state index is -0.0483. The third kappa shape index (κ3) is 5.16. The first-order valence-electron chi connectivity index (χ1n) is 13.1. The SMILES string of the molecule is CCCC1(c2ccc(-c3ccc([C@H]4CC[C@H](CCC)CC4)cc3F)cc2)CC[SiH2]CC1. The summed E-state index contributed by atoms with van der Waals surface area (Å²) in [5, 5.41) is 0. The van der Waals surface area contributed by atoms with E-state index >= 15 is 4.39 Å². The predicted molar refractivity (Wildman–Crippen MR) is 135 cm³/mol. The van der Waals surface area contributed by atoms with Gasteiger partial charge in [0.15, 0.2) is 0 Å². The van der Waals surface area contributed by atoms with Crippen molar-refractivity contribution in [2.75, 3.05) is 0 Å². The normalized spacial score (nSPS) is 27.5. The van der Waals surface area contributed by atoms with E-state index in [9.17, 15) is 0 Å². The third-order valence-electron chi connectivity index (χ3n) is 8.36. The molecule has 1 aliphatic carbocycles. The van der Waals surface area contributed by atoms with E-state index < -0.39 is 0 Å². The Kier molecular flexibility index (Phi) is 7.69. The molecule has 0 unspecified atom stereocenters. The number of hydrogen-bond donors (Lipinski definition) is 0. The van der Waals surface area contributed by atoms with Crippen LogP contribution in [0.15, 0.2) is 42.5 Å². The van der Waals surface area contributed by atoms with Crippen molar-refractivity contribution in [1.29, 1.82) is 0 Å². The summed E-state index contributed by atoms with van der Waals surface area (Å²) >= 11 is 0. The maximum absolute atomic E-state index is 15.1. The van der Waals surface area contributed by atoms with Gasteiger partial charge in [0.1, 0.15) is 5.82 Å². The molecule has 1 heterocycles. The van der Waals surface area contributed by atoms with Crippen molar-refractivity contribution in [3.63, 3.8) is 0 Å². The topological polar surface area (TPSA) is 0 Å². The molecular formula is C29H41FSi. The lowest BCUT2D eigenvalue weighted by atomic mass is 9.72. The summed E-state index contributed by atoms with van der Waals surface area (Å²) in [6.45, 7) is 4.60. The van der Waals surface area contributed by atoms with E-state index in [1.54, 1.807) is 0 Å². The maximum atomic E-state index is 15.1. The Labute approximate surface area is 191 Å². The van der Waals surface area contributed by atoms with Crippen molar-refractivity contribution >= 4 is 9.52 Å². The number of rotatable bonds is 7. The monoisotopic (exact) mass is 436 g/mol. The molecule has 1 saturated carbocycles. The van der Waals surface area contributed by atoms with E-state index in [0.29, 0.717) is 11.3 Å². The molecule has 0 atom stereocenters. The van der Waals surface area contributed by atoms with Gasteiger partial charge in [0.05, 0.1) is 0 Å². The van der Waals surface area contributed by atoms with Crippen LogP contribution in [0.1, 0.15) is 95.1 Å². The summed E-state index contributed by atoms with van der Waals surface area (Å²) in [7, 11) is 0.195. The Bertz CT molecular complexity index is 821. The molecule has 0 amide bonds. The molecule has 2 aromatic rings. The van der Waals surface area contributed by atoms with Crippen LogP contribution in [0, 0.1) is 11.7 Å². The Morgan fingerprint density at radius 3 is 2.23 bits per heavy atom. The fourth-order valence-electron chi connectivity index (χ4n) is 6.61. The minimum Gasteiger partial charge on any atom is -0.206 e. The smallest absolute Gasteiger partial charge is 0.131 e. The van der Waals surface area contributed by atoms with Crippen LogP contribution in [-0.2, 0) is 5.41 Å². The van der Waals surface area contributed by atoms with E-state index in [1.807, 2.05) is 12.1 Å². The van der Waals surface area contributed by atoms with Gasteiger partial charge in [0.2, 0.25) is 0 Å². The lowest BCUT2D eigenvalue weighted by molar-refractivity contribution is 0.308. The van der Waals surface area contributed by atoms with Gasteiger partial charge in [-0.2, -0.15) is 0 Å². The zero-order valence-electron chi connectivity index (χ0n) is 19.8. The van der Waals surface area contributed by atoms with Crippen molar-refractivity contribution in [1.82, 2.24) is 0 Å². The molecule has 2 aliphatic rings. The fourth-order valence-corrected chi connectivity index (χ4v) is 8.81. The summed E-state index contributed by atoms with van der Waals surface area (Å²) in [5.41, 5.74) is 4.87. The summed E-state index contributed by atoms with van der Waals surface area (Å²) in [5.74, 6) is 1.39. The first kappa shape index (κ1) is 22.8. The van der Waals surface area contributed by atoms with Gasteiger partial charge in [-0.1, -0.05) is 81.6 Å². The molecule has 2 heteroatoms. The molecule has 1 saturated heterocycles. The predicted octanol–water partition coefficient (Wildman–Crippen LogP) is 8.40. The first-order valence-corrected chi connectivity index (χ1v) is 15.1. The van der Waals surface area contributed by atoms with Gasteiger partial charge < -0.3 is 0 Å². The van der Waals surface area contributed by atoms with Gasteiger partial charge in [0.25, 0.3) is 0 Å². The van der Waals surface area contributed by atoms with Gasteiger partial charge in [0, 0.05) is 15.1 Å². The maximum Gasteiger partial charge on any atom is 0.131 e. The van der Waals surface area contributed by atoms with Crippen LogP contribution in [0.3, 0.4) is 0 Å². The van der Waals surface area contributed by atoms with Crippen LogP contribution >= 0.6 is 0 Å². The highest BCUT2D eigenvalue weighted by Crippen LogP contribution is 2.43. The first-order chi connectivity index (χ1) is 15.1. The molecule has 4 rings (SSSR count). The molecule has 0 bridgehead atoms. The van der Waals surface area contributed by atoms with Gasteiger partial charge in [-0.3, -0.25) is 0 Å². The highest BCUT2D eigenvalue weighted by Gasteiger charge is 2.33. The lowest BCUT2D eigenvalue weighted by Gasteiger charge is -2.38. The largest absolute Gasteiger partial charge is 0.206 e. The van der Waals surface area contributed by atoms with Crippen molar-refractivity contribution in [3.05, 3.63) is 59.4 Å². The van der Waals surface area contributed by atoms with Crippen molar-refractivity contribution in [2.45, 2.75) is 101 Å². The Hall–Kier alpha value is -1.41. The van der Waals surface area contributed by atoms with Crippen molar-refractivity contribution < 1.29 is 4.39 Å². The standard InChI is InChI=1S/C29H41FSi/c1-3-5-22-6-8-23(9-7-22)25-12-15-27(28(30)21-25)24-10-13-26(14-11-24)29(16-4-2)17-19-31-20-18-29/h10-15,21-23H,3-9,16-20,31H2,1-2H3/t22-,23-. The van der Waals surface area contributed by atoms with Crippen LogP contribution in [0.4, 0.5) is 4.39 Å². The molecule has 168 valence electrons. The van der Waals surface area contributed by atoms with E-state index in [-0.39, 0.29) is 15.3 Å². The van der Waals surface area contributed by atoms with Crippen LogP contribution in [0.2, 0.25) is 12.1 Å². The third-order valence-corrected chi connectivity index (χ3v) is 10.1. The molecule has 2 aromatic carbocycles. The molecule has 0 spiro atoms. The van der Waals surface area contributed by atoms with E-state index in [0.717, 1.165) is 17.0 Å². The molecule has 0 nitrogen and oxygen atoms in total. The molecule has 1 aliphatic heterocycles. The Morgan fingerprint density at radius 1 is 0.903 bits per heavy atom. The van der Waals surface area contributed by atoms with Gasteiger partial charge >= 0.3 is 0 Å². The zero-order chi connectivity index (χ0) is 21.7. The molecule has 31 heavy (non-hydrogen) atoms. The second-order valence-electron chi connectivity index (χ2n) is 10.4. The van der Waals surface area contributed by atoms with Crippen molar-refractivity contribution in [2.24, 2.45) is 5.92 Å². The van der Waals surface area contributed by atoms with Crippen LogP contribution in [-0.4, -0.2) is 9.52 Å². The molecular weight excluding hydrogens is 395 g/mol. The fraction of sp³-hybridized carbons (Fsp3) is 0.586. The number of halogens is 1. The molecule has 0 aromatic heterocycles. The number of hydrogen-bond acceptors (Lipinski definition) is 0. The summed E-state index contributed by atoms with van der Waals surface area (Å²) in [4.78, 5) is 0. The Morgan fingerprint density at radius 2 is 1.61 bits per heavy atom. The van der Waals surface area contributed by atoms with Gasteiger partial charge in [-0.25, -0.2) is 4.39 Å². The highest BCUT2D eigenvalue weighted by molar-refractivity contribution is 6.35. The minimum absolute atomic E-state index is 0.0483. The van der Waals surface area contributed by atoms with Gasteiger partial charge in [-0.05, 0) is 85.0 Å². The summed E-state index contributed by atoms with van der Waals surface area (Å²) < 4.78 is 15.1. The quantitative estimate of drug-likeness (QED) is 0.382. The molecule has 0 radical (unpaired) electrons. The van der Waals surface area contributed by atoms with E-state index in [2.05, 4.69) is 44.2 Å². The van der Waals surface area contributed by atoms with Crippen LogP contribution < -0.4 is 0 Å². The lowest BCUT2D eigenvalue weighted by Crippen LogP contribution is -2.30. The van der Waals surface area contributed by atoms with Crippen LogP contribution in [0.5, 0.6) is 0 Å². The second-order valence-corrected chi connectivity index (χ2v) is 12.5. The van der Waals surface area contributed by atoms with Gasteiger partial charge in [-0.15, -0.1) is 0 Å². The average molecular weight is 437 g/mol. The molecule has 2 fully saturated rings. The summed E-state index contributed by atoms with van der Waals surface area (Å²) in [6.07, 6.45) is 13.0. The summed E-state index contributed by atoms with van der Waals surface area (Å²) in [6, 6.07) is 18.0. The van der Waals surface area contributed by atoms with Crippen molar-refractivity contribution in [3.8, 4) is 11.1 Å².